The number of fused-ring (bicyclic) bond motifs is 1. The molecule has 2 nitrogen and oxygen atoms in total. The molecule has 3 heteroatoms. The number of nitrogens with one attached hydrogen (secondary N) is 1. The quantitative estimate of drug-likeness (QED) is 0.603. The van der Waals surface area contributed by atoms with E-state index in [9.17, 15) is 4.79 Å². The summed E-state index contributed by atoms with van der Waals surface area (Å²) in [4.78, 5) is 11.1. The average Bonchev–Trinajstić information content (AvgIpc) is 2.25. The lowest BCUT2D eigenvalue weighted by Gasteiger charge is -2.21. The van der Waals surface area contributed by atoms with Gasteiger partial charge in [-0.1, -0.05) is 24.3 Å². The number of carbonyl (C=O) groups is 1. The monoisotopic (exact) mass is 181 g/mol. The third-order valence-corrected chi connectivity index (χ3v) is 3.21. The summed E-state index contributed by atoms with van der Waals surface area (Å²) in [5.41, 5.74) is 0. The van der Waals surface area contributed by atoms with E-state index in [2.05, 4.69) is 23.5 Å². The summed E-state index contributed by atoms with van der Waals surface area (Å²) >= 11 is 1.71. The van der Waals surface area contributed by atoms with Crippen LogP contribution in [0.25, 0.3) is 0 Å². The summed E-state index contributed by atoms with van der Waals surface area (Å²) < 4.78 is 0. The van der Waals surface area contributed by atoms with Crippen molar-refractivity contribution in [1.29, 1.82) is 0 Å². The predicted molar refractivity (Wildman–Crippen MR) is 51.0 cm³/mol. The van der Waals surface area contributed by atoms with E-state index in [0.717, 1.165) is 5.75 Å². The minimum absolute atomic E-state index is 0.160. The second-order valence-electron chi connectivity index (χ2n) is 3.04. The van der Waals surface area contributed by atoms with Gasteiger partial charge in [0.2, 0.25) is 5.91 Å². The first-order valence-corrected chi connectivity index (χ1v) is 5.24. The van der Waals surface area contributed by atoms with E-state index in [0.29, 0.717) is 11.7 Å². The zero-order valence-corrected chi connectivity index (χ0v) is 7.51. The molecule has 1 heterocycles. The van der Waals surface area contributed by atoms with E-state index >= 15 is 0 Å². The van der Waals surface area contributed by atoms with Crippen LogP contribution in [0, 0.1) is 5.92 Å². The predicted octanol–water partition coefficient (Wildman–Crippen LogP) is 0.960. The van der Waals surface area contributed by atoms with E-state index in [1.54, 1.807) is 11.8 Å². The Hall–Kier alpha value is -0.700. The summed E-state index contributed by atoms with van der Waals surface area (Å²) in [7, 11) is 0. The van der Waals surface area contributed by atoms with E-state index in [1.807, 2.05) is 6.08 Å². The highest BCUT2D eigenvalue weighted by atomic mass is 32.2. The van der Waals surface area contributed by atoms with Crippen molar-refractivity contribution in [3.05, 3.63) is 24.3 Å². The number of hydrogen-bond donors (Lipinski definition) is 1. The molecule has 1 saturated heterocycles. The summed E-state index contributed by atoms with van der Waals surface area (Å²) in [6, 6.07) is 0.234. The van der Waals surface area contributed by atoms with E-state index in [4.69, 9.17) is 0 Å². The van der Waals surface area contributed by atoms with Crippen LogP contribution in [0.2, 0.25) is 0 Å². The largest absolute Gasteiger partial charge is 0.349 e. The Kier molecular flexibility index (Phi) is 2.21. The first-order valence-electron chi connectivity index (χ1n) is 4.08. The molecule has 1 aliphatic heterocycles. The molecule has 64 valence electrons. The van der Waals surface area contributed by atoms with E-state index in [1.165, 1.54) is 0 Å². The third-order valence-electron chi connectivity index (χ3n) is 2.12. The summed E-state index contributed by atoms with van der Waals surface area (Å²) in [6.45, 7) is 0. The van der Waals surface area contributed by atoms with Gasteiger partial charge in [-0.05, 0) is 0 Å². The van der Waals surface area contributed by atoms with Gasteiger partial charge in [-0.15, -0.1) is 0 Å². The van der Waals surface area contributed by atoms with Crippen molar-refractivity contribution in [1.82, 2.24) is 5.32 Å². The van der Waals surface area contributed by atoms with Crippen LogP contribution >= 0.6 is 11.8 Å². The van der Waals surface area contributed by atoms with Crippen LogP contribution in [0.1, 0.15) is 0 Å². The molecule has 1 aliphatic carbocycles. The molecule has 1 fully saturated rings. The van der Waals surface area contributed by atoms with Gasteiger partial charge in [0.05, 0.1) is 11.8 Å². The zero-order chi connectivity index (χ0) is 8.39. The van der Waals surface area contributed by atoms with Crippen molar-refractivity contribution in [2.45, 2.75) is 6.04 Å². The second kappa shape index (κ2) is 3.35. The van der Waals surface area contributed by atoms with Crippen LogP contribution in [-0.2, 0) is 4.79 Å². The number of thioether (sulfide) groups is 1. The molecule has 1 amide bonds. The Balaban J connectivity index is 2.13. The van der Waals surface area contributed by atoms with Gasteiger partial charge in [-0.25, -0.2) is 0 Å². The van der Waals surface area contributed by atoms with Crippen LogP contribution in [0.3, 0.4) is 0 Å². The lowest BCUT2D eigenvalue weighted by atomic mass is 9.97. The van der Waals surface area contributed by atoms with Crippen LogP contribution in [0.4, 0.5) is 0 Å². The molecule has 0 aromatic carbocycles. The molecule has 0 aromatic heterocycles. The average molecular weight is 181 g/mol. The van der Waals surface area contributed by atoms with Crippen LogP contribution in [-0.4, -0.2) is 23.5 Å². The zero-order valence-electron chi connectivity index (χ0n) is 6.69. The molecule has 0 saturated carbocycles. The van der Waals surface area contributed by atoms with Crippen LogP contribution < -0.4 is 5.32 Å². The highest BCUT2D eigenvalue weighted by molar-refractivity contribution is 7.99. The fraction of sp³-hybridized carbons (Fsp3) is 0.444. The number of carbonyl (C=O) groups excluding carboxylic acids is 1. The first kappa shape index (κ1) is 7.92. The van der Waals surface area contributed by atoms with Crippen molar-refractivity contribution < 1.29 is 4.79 Å². The Morgan fingerprint density at radius 1 is 1.42 bits per heavy atom. The first-order chi connectivity index (χ1) is 5.86. The molecule has 2 atom stereocenters. The van der Waals surface area contributed by atoms with E-state index in [-0.39, 0.29) is 11.9 Å². The second-order valence-corrected chi connectivity index (χ2v) is 4.07. The van der Waals surface area contributed by atoms with Gasteiger partial charge >= 0.3 is 0 Å². The number of amides is 1. The van der Waals surface area contributed by atoms with Crippen molar-refractivity contribution in [2.24, 2.45) is 5.92 Å². The molecule has 0 aromatic rings. The van der Waals surface area contributed by atoms with Gasteiger partial charge in [-0.2, -0.15) is 11.8 Å². The normalized spacial score (nSPS) is 33.8. The standard InChI is InChI=1S/C9H11NOS/c11-9-6-12-5-7-3-1-2-4-8(7)10-9/h1-4,7-8H,5-6H2,(H,10,11). The Bertz CT molecular complexity index is 247. The Morgan fingerprint density at radius 3 is 3.17 bits per heavy atom. The van der Waals surface area contributed by atoms with Gasteiger partial charge in [0.15, 0.2) is 0 Å². The summed E-state index contributed by atoms with van der Waals surface area (Å²) in [5.74, 6) is 2.30. The fourth-order valence-electron chi connectivity index (χ4n) is 1.48. The molecule has 2 unspecified atom stereocenters. The van der Waals surface area contributed by atoms with Gasteiger partial charge in [0.25, 0.3) is 0 Å². The minimum atomic E-state index is 0.160. The van der Waals surface area contributed by atoms with Crippen LogP contribution in [0.15, 0.2) is 24.3 Å². The summed E-state index contributed by atoms with van der Waals surface area (Å²) in [5, 5.41) is 2.98. The summed E-state index contributed by atoms with van der Waals surface area (Å²) in [6.07, 6.45) is 8.29. The fourth-order valence-corrected chi connectivity index (χ4v) is 2.46. The van der Waals surface area contributed by atoms with Crippen molar-refractivity contribution in [3.8, 4) is 0 Å². The SMILES string of the molecule is O=C1CSCC2C=CC=CC2N1. The highest BCUT2D eigenvalue weighted by Crippen LogP contribution is 2.21. The van der Waals surface area contributed by atoms with Gasteiger partial charge < -0.3 is 5.32 Å². The van der Waals surface area contributed by atoms with Gasteiger partial charge in [0.1, 0.15) is 0 Å². The molecule has 0 radical (unpaired) electrons. The topological polar surface area (TPSA) is 29.1 Å². The maximum atomic E-state index is 11.1. The Morgan fingerprint density at radius 2 is 2.25 bits per heavy atom. The lowest BCUT2D eigenvalue weighted by molar-refractivity contribution is -0.119. The van der Waals surface area contributed by atoms with Crippen molar-refractivity contribution in [3.63, 3.8) is 0 Å². The number of rotatable bonds is 0. The molecule has 0 spiro atoms. The molecule has 2 aliphatic rings. The third kappa shape index (κ3) is 1.55. The number of allylic oxidation sites excluding steroid dienone is 2. The van der Waals surface area contributed by atoms with Gasteiger partial charge in [0, 0.05) is 11.7 Å². The molecule has 0 bridgehead atoms. The lowest BCUT2D eigenvalue weighted by Crippen LogP contribution is -2.38. The Labute approximate surface area is 76.1 Å². The number of hydrogen-bond acceptors (Lipinski definition) is 2. The molecule has 2 rings (SSSR count). The van der Waals surface area contributed by atoms with Crippen LogP contribution in [0.5, 0.6) is 0 Å². The molecular weight excluding hydrogens is 170 g/mol. The van der Waals surface area contributed by atoms with Crippen molar-refractivity contribution in [2.75, 3.05) is 11.5 Å². The molecular formula is C9H11NOS. The van der Waals surface area contributed by atoms with Crippen molar-refractivity contribution >= 4 is 17.7 Å². The van der Waals surface area contributed by atoms with Gasteiger partial charge in [-0.3, -0.25) is 4.79 Å². The smallest absolute Gasteiger partial charge is 0.230 e. The molecule has 12 heavy (non-hydrogen) atoms. The van der Waals surface area contributed by atoms with E-state index < -0.39 is 0 Å². The molecule has 1 N–H and O–H groups in total. The maximum Gasteiger partial charge on any atom is 0.230 e. The highest BCUT2D eigenvalue weighted by Gasteiger charge is 2.23. The minimum Gasteiger partial charge on any atom is -0.349 e. The maximum absolute atomic E-state index is 11.1.